The Morgan fingerprint density at radius 2 is 1.95 bits per heavy atom. The fourth-order valence-electron chi connectivity index (χ4n) is 5.55. The number of anilines is 1. The molecule has 210 valence electrons. The average molecular weight is 565 g/mol. The SMILES string of the molecule is CCC1C=C(NC(=O)c2cccc3[nH]c(-c4ccc(N5CCOC(C)(C)C5)cc4C)nc23)SC(c2ccccc2)=C1. The Hall–Kier alpha value is -3.81. The van der Waals surface area contributed by atoms with Crippen LogP contribution in [0.15, 0.2) is 83.9 Å². The van der Waals surface area contributed by atoms with Gasteiger partial charge < -0.3 is 19.9 Å². The van der Waals surface area contributed by atoms with Gasteiger partial charge in [0.05, 0.1) is 28.3 Å². The smallest absolute Gasteiger partial charge is 0.258 e. The zero-order valence-corrected chi connectivity index (χ0v) is 24.8. The Balaban J connectivity index is 1.24. The van der Waals surface area contributed by atoms with Crippen LogP contribution in [0.1, 0.15) is 48.7 Å². The summed E-state index contributed by atoms with van der Waals surface area (Å²) in [4.78, 5) is 25.5. The minimum Gasteiger partial charge on any atom is -0.372 e. The summed E-state index contributed by atoms with van der Waals surface area (Å²) in [6.45, 7) is 11.0. The van der Waals surface area contributed by atoms with Crippen LogP contribution in [-0.2, 0) is 4.74 Å². The van der Waals surface area contributed by atoms with E-state index in [2.05, 4.69) is 85.4 Å². The van der Waals surface area contributed by atoms with Crippen molar-refractivity contribution in [3.05, 3.63) is 101 Å². The molecule has 1 fully saturated rings. The molecule has 1 amide bonds. The molecule has 1 atom stereocenters. The molecule has 7 heteroatoms. The fraction of sp³-hybridized carbons (Fsp3) is 0.294. The number of carbonyl (C=O) groups is 1. The first-order valence-electron chi connectivity index (χ1n) is 14.3. The van der Waals surface area contributed by atoms with Gasteiger partial charge in [-0.3, -0.25) is 4.79 Å². The molecule has 2 aliphatic heterocycles. The Morgan fingerprint density at radius 1 is 1.12 bits per heavy atom. The quantitative estimate of drug-likeness (QED) is 0.253. The monoisotopic (exact) mass is 564 g/mol. The van der Waals surface area contributed by atoms with E-state index in [1.807, 2.05) is 36.4 Å². The summed E-state index contributed by atoms with van der Waals surface area (Å²) in [5.41, 5.74) is 6.41. The zero-order chi connectivity index (χ0) is 28.6. The summed E-state index contributed by atoms with van der Waals surface area (Å²) in [6, 6.07) is 22.5. The second kappa shape index (κ2) is 11.2. The molecule has 2 N–H and O–H groups in total. The number of imidazole rings is 1. The molecule has 6 rings (SSSR count). The molecule has 3 aromatic carbocycles. The van der Waals surface area contributed by atoms with E-state index < -0.39 is 0 Å². The topological polar surface area (TPSA) is 70.2 Å². The van der Waals surface area contributed by atoms with Crippen LogP contribution in [0.4, 0.5) is 5.69 Å². The van der Waals surface area contributed by atoms with Gasteiger partial charge in [0.25, 0.3) is 5.91 Å². The summed E-state index contributed by atoms with van der Waals surface area (Å²) >= 11 is 1.60. The van der Waals surface area contributed by atoms with Crippen molar-refractivity contribution >= 4 is 39.3 Å². The molecule has 2 aliphatic rings. The third-order valence-corrected chi connectivity index (χ3v) is 8.78. The molecular formula is C34H36N4O2S. The van der Waals surface area contributed by atoms with Gasteiger partial charge >= 0.3 is 0 Å². The lowest BCUT2D eigenvalue weighted by Crippen LogP contribution is -2.48. The van der Waals surface area contributed by atoms with E-state index in [-0.39, 0.29) is 17.4 Å². The second-order valence-corrected chi connectivity index (χ2v) is 12.5. The van der Waals surface area contributed by atoms with Crippen LogP contribution >= 0.6 is 11.8 Å². The molecule has 0 saturated carbocycles. The van der Waals surface area contributed by atoms with Crippen LogP contribution in [0, 0.1) is 12.8 Å². The first kappa shape index (κ1) is 27.4. The zero-order valence-electron chi connectivity index (χ0n) is 24.0. The van der Waals surface area contributed by atoms with Crippen LogP contribution in [0.25, 0.3) is 27.3 Å². The summed E-state index contributed by atoms with van der Waals surface area (Å²) in [5, 5.41) is 4.03. The van der Waals surface area contributed by atoms with Crippen molar-refractivity contribution in [3.8, 4) is 11.4 Å². The highest BCUT2D eigenvalue weighted by Gasteiger charge is 2.28. The number of benzene rings is 3. The van der Waals surface area contributed by atoms with E-state index in [1.165, 1.54) is 5.69 Å². The van der Waals surface area contributed by atoms with Gasteiger partial charge in [0, 0.05) is 29.2 Å². The third-order valence-electron chi connectivity index (χ3n) is 7.73. The van der Waals surface area contributed by atoms with Gasteiger partial charge in [-0.05, 0) is 80.6 Å². The molecule has 1 aromatic heterocycles. The van der Waals surface area contributed by atoms with Crippen LogP contribution in [0.2, 0.25) is 0 Å². The van der Waals surface area contributed by atoms with Crippen molar-refractivity contribution in [2.24, 2.45) is 5.92 Å². The number of nitrogens with zero attached hydrogens (tertiary/aromatic N) is 2. The summed E-state index contributed by atoms with van der Waals surface area (Å²) in [5.74, 6) is 0.876. The molecule has 4 aromatic rings. The molecular weight excluding hydrogens is 528 g/mol. The molecule has 6 nitrogen and oxygen atoms in total. The van der Waals surface area contributed by atoms with E-state index >= 15 is 0 Å². The Morgan fingerprint density at radius 3 is 2.71 bits per heavy atom. The van der Waals surface area contributed by atoms with Crippen LogP contribution < -0.4 is 10.2 Å². The predicted molar refractivity (Wildman–Crippen MR) is 170 cm³/mol. The number of aryl methyl sites for hydroxylation is 1. The lowest BCUT2D eigenvalue weighted by atomic mass is 10.0. The number of hydrogen-bond donors (Lipinski definition) is 2. The van der Waals surface area contributed by atoms with E-state index in [4.69, 9.17) is 9.72 Å². The normalized spacial score (nSPS) is 18.6. The van der Waals surface area contributed by atoms with Gasteiger partial charge in [0.15, 0.2) is 0 Å². The maximum absolute atomic E-state index is 13.6. The Bertz CT molecular complexity index is 1650. The maximum atomic E-state index is 13.6. The average Bonchev–Trinajstić information content (AvgIpc) is 3.41. The van der Waals surface area contributed by atoms with Gasteiger partial charge in [0.1, 0.15) is 11.3 Å². The number of para-hydroxylation sites is 1. The Labute approximate surface area is 245 Å². The number of amides is 1. The maximum Gasteiger partial charge on any atom is 0.258 e. The minimum absolute atomic E-state index is 0.154. The van der Waals surface area contributed by atoms with Crippen molar-refractivity contribution in [1.29, 1.82) is 0 Å². The second-order valence-electron chi connectivity index (χ2n) is 11.4. The first-order valence-corrected chi connectivity index (χ1v) is 15.1. The number of fused-ring (bicyclic) bond motifs is 1. The van der Waals surface area contributed by atoms with Gasteiger partial charge in [-0.1, -0.05) is 61.2 Å². The van der Waals surface area contributed by atoms with Gasteiger partial charge in [0.2, 0.25) is 0 Å². The van der Waals surface area contributed by atoms with E-state index in [9.17, 15) is 4.79 Å². The molecule has 1 unspecified atom stereocenters. The summed E-state index contributed by atoms with van der Waals surface area (Å²) < 4.78 is 5.89. The van der Waals surface area contributed by atoms with E-state index in [0.29, 0.717) is 11.1 Å². The van der Waals surface area contributed by atoms with E-state index in [1.54, 1.807) is 11.8 Å². The molecule has 41 heavy (non-hydrogen) atoms. The summed E-state index contributed by atoms with van der Waals surface area (Å²) in [7, 11) is 0. The van der Waals surface area contributed by atoms with Gasteiger partial charge in [-0.25, -0.2) is 4.98 Å². The summed E-state index contributed by atoms with van der Waals surface area (Å²) in [6.07, 6.45) is 5.39. The van der Waals surface area contributed by atoms with Crippen LogP contribution in [0.3, 0.4) is 0 Å². The molecule has 0 aliphatic carbocycles. The molecule has 3 heterocycles. The number of ether oxygens (including phenoxy) is 1. The predicted octanol–water partition coefficient (Wildman–Crippen LogP) is 7.54. The largest absolute Gasteiger partial charge is 0.372 e. The molecule has 0 spiro atoms. The van der Waals surface area contributed by atoms with Crippen molar-refractivity contribution in [2.75, 3.05) is 24.6 Å². The molecule has 0 bridgehead atoms. The first-order chi connectivity index (χ1) is 19.8. The number of aromatic nitrogens is 2. The van der Waals surface area contributed by atoms with Crippen molar-refractivity contribution in [3.63, 3.8) is 0 Å². The highest BCUT2D eigenvalue weighted by Crippen LogP contribution is 2.39. The third kappa shape index (κ3) is 5.83. The van der Waals surface area contributed by atoms with Crippen molar-refractivity contribution < 1.29 is 9.53 Å². The van der Waals surface area contributed by atoms with E-state index in [0.717, 1.165) is 64.1 Å². The highest BCUT2D eigenvalue weighted by atomic mass is 32.2. The van der Waals surface area contributed by atoms with Crippen molar-refractivity contribution in [1.82, 2.24) is 15.3 Å². The number of H-pyrrole nitrogens is 1. The van der Waals surface area contributed by atoms with Crippen LogP contribution in [-0.4, -0.2) is 41.2 Å². The number of rotatable bonds is 6. The number of aromatic amines is 1. The number of morpholine rings is 1. The Kier molecular flexibility index (Phi) is 7.49. The fourth-order valence-corrected chi connectivity index (χ4v) is 6.67. The lowest BCUT2D eigenvalue weighted by Gasteiger charge is -2.39. The number of nitrogens with one attached hydrogen (secondary N) is 2. The number of thioether (sulfide) groups is 1. The number of hydrogen-bond acceptors (Lipinski definition) is 5. The standard InChI is InChI=1S/C34H36N4O2S/c1-5-23-19-29(24-10-7-6-8-11-24)41-30(20-23)36-33(39)27-12-9-13-28-31(27)37-32(35-28)26-15-14-25(18-22(26)2)38-16-17-40-34(3,4)21-38/h6-15,18-20,23H,5,16-17,21H2,1-4H3,(H,35,37)(H,36,39). The molecule has 0 radical (unpaired) electrons. The minimum atomic E-state index is -0.163. The number of allylic oxidation sites excluding steroid dienone is 2. The van der Waals surface area contributed by atoms with Gasteiger partial charge in [-0.15, -0.1) is 0 Å². The lowest BCUT2D eigenvalue weighted by molar-refractivity contribution is -0.0276. The van der Waals surface area contributed by atoms with Crippen molar-refractivity contribution in [2.45, 2.75) is 39.7 Å². The highest BCUT2D eigenvalue weighted by molar-refractivity contribution is 8.11. The van der Waals surface area contributed by atoms with Gasteiger partial charge in [-0.2, -0.15) is 0 Å². The molecule has 1 saturated heterocycles. The number of carbonyl (C=O) groups excluding carboxylic acids is 1. The van der Waals surface area contributed by atoms with Crippen LogP contribution in [0.5, 0.6) is 0 Å².